The molecule has 0 fully saturated rings. The van der Waals surface area contributed by atoms with E-state index in [1.54, 1.807) is 0 Å². The molecule has 0 radical (unpaired) electrons. The molecule has 0 aliphatic rings. The molecule has 2 atom stereocenters. The molecule has 0 aliphatic heterocycles. The van der Waals surface area contributed by atoms with Crippen LogP contribution in [0, 0.1) is 5.92 Å². The van der Waals surface area contributed by atoms with E-state index >= 15 is 0 Å². The molecule has 0 heterocycles. The second kappa shape index (κ2) is 10.2. The number of hydrogen-bond acceptors (Lipinski definition) is 3. The van der Waals surface area contributed by atoms with Gasteiger partial charge in [0, 0.05) is 17.6 Å². The Morgan fingerprint density at radius 1 is 1.19 bits per heavy atom. The first-order valence-corrected chi connectivity index (χ1v) is 8.09. The molecule has 2 unspecified atom stereocenters. The topological polar surface area (TPSA) is 41.5 Å². The Morgan fingerprint density at radius 3 is 2.57 bits per heavy atom. The molecule has 120 valence electrons. The van der Waals surface area contributed by atoms with Gasteiger partial charge in [-0.1, -0.05) is 43.6 Å². The SMILES string of the molecule is CC(C)CCC(C)NCC(O)COCc1ccccc1Cl. The highest BCUT2D eigenvalue weighted by molar-refractivity contribution is 6.31. The fourth-order valence-corrected chi connectivity index (χ4v) is 2.19. The van der Waals surface area contributed by atoms with E-state index in [2.05, 4.69) is 26.1 Å². The second-order valence-electron chi connectivity index (χ2n) is 6.04. The number of rotatable bonds is 10. The maximum atomic E-state index is 9.90. The molecule has 4 heteroatoms. The van der Waals surface area contributed by atoms with Crippen LogP contribution in [-0.2, 0) is 11.3 Å². The summed E-state index contributed by atoms with van der Waals surface area (Å²) in [6, 6.07) is 8.02. The summed E-state index contributed by atoms with van der Waals surface area (Å²) in [6.07, 6.45) is 1.84. The Bertz CT molecular complexity index is 398. The summed E-state index contributed by atoms with van der Waals surface area (Å²) in [7, 11) is 0. The normalized spacial score (nSPS) is 14.4. The lowest BCUT2D eigenvalue weighted by Crippen LogP contribution is -2.36. The van der Waals surface area contributed by atoms with Crippen molar-refractivity contribution in [1.82, 2.24) is 5.32 Å². The Morgan fingerprint density at radius 2 is 1.90 bits per heavy atom. The van der Waals surface area contributed by atoms with E-state index in [4.69, 9.17) is 16.3 Å². The van der Waals surface area contributed by atoms with E-state index in [1.165, 1.54) is 6.42 Å². The summed E-state index contributed by atoms with van der Waals surface area (Å²) in [5.41, 5.74) is 0.949. The van der Waals surface area contributed by atoms with Crippen LogP contribution < -0.4 is 5.32 Å². The van der Waals surface area contributed by atoms with Crippen LogP contribution in [0.2, 0.25) is 5.02 Å². The largest absolute Gasteiger partial charge is 0.389 e. The van der Waals surface area contributed by atoms with E-state index in [9.17, 15) is 5.11 Å². The first-order valence-electron chi connectivity index (χ1n) is 7.71. The average molecular weight is 314 g/mol. The lowest BCUT2D eigenvalue weighted by molar-refractivity contribution is 0.0277. The van der Waals surface area contributed by atoms with Gasteiger partial charge < -0.3 is 15.2 Å². The minimum absolute atomic E-state index is 0.315. The summed E-state index contributed by atoms with van der Waals surface area (Å²) in [5, 5.41) is 13.9. The van der Waals surface area contributed by atoms with E-state index in [-0.39, 0.29) is 0 Å². The number of halogens is 1. The molecular weight excluding hydrogens is 286 g/mol. The van der Waals surface area contributed by atoms with Crippen LogP contribution in [0.5, 0.6) is 0 Å². The molecular formula is C17H28ClNO2. The first kappa shape index (κ1) is 18.4. The highest BCUT2D eigenvalue weighted by Gasteiger charge is 2.08. The summed E-state index contributed by atoms with van der Waals surface area (Å²) < 4.78 is 5.52. The molecule has 2 N–H and O–H groups in total. The van der Waals surface area contributed by atoms with Crippen LogP contribution in [0.25, 0.3) is 0 Å². The maximum absolute atomic E-state index is 9.90. The van der Waals surface area contributed by atoms with Gasteiger partial charge in [0.05, 0.1) is 19.3 Å². The molecule has 3 nitrogen and oxygen atoms in total. The molecule has 0 aliphatic carbocycles. The van der Waals surface area contributed by atoms with Crippen molar-refractivity contribution >= 4 is 11.6 Å². The lowest BCUT2D eigenvalue weighted by Gasteiger charge is -2.18. The van der Waals surface area contributed by atoms with Crippen LogP contribution in [0.3, 0.4) is 0 Å². The number of aliphatic hydroxyl groups is 1. The van der Waals surface area contributed by atoms with Gasteiger partial charge in [0.1, 0.15) is 0 Å². The van der Waals surface area contributed by atoms with Crippen LogP contribution in [0.1, 0.15) is 39.2 Å². The van der Waals surface area contributed by atoms with Gasteiger partial charge >= 0.3 is 0 Å². The summed E-state index contributed by atoms with van der Waals surface area (Å²) in [6.45, 7) is 7.91. The van der Waals surface area contributed by atoms with Crippen molar-refractivity contribution in [3.63, 3.8) is 0 Å². The zero-order valence-corrected chi connectivity index (χ0v) is 14.1. The molecule has 0 aromatic heterocycles. The highest BCUT2D eigenvalue weighted by atomic mass is 35.5. The molecule has 0 saturated heterocycles. The van der Waals surface area contributed by atoms with Gasteiger partial charge in [0.15, 0.2) is 0 Å². The molecule has 0 amide bonds. The number of hydrogen-bond donors (Lipinski definition) is 2. The van der Waals surface area contributed by atoms with Crippen LogP contribution >= 0.6 is 11.6 Å². The van der Waals surface area contributed by atoms with Gasteiger partial charge in [-0.25, -0.2) is 0 Å². The monoisotopic (exact) mass is 313 g/mol. The molecule has 1 rings (SSSR count). The Balaban J connectivity index is 2.14. The average Bonchev–Trinajstić information content (AvgIpc) is 2.45. The third-order valence-corrected chi connectivity index (χ3v) is 3.77. The number of ether oxygens (including phenoxy) is 1. The Labute approximate surface area is 133 Å². The quantitative estimate of drug-likeness (QED) is 0.693. The van der Waals surface area contributed by atoms with E-state index < -0.39 is 6.10 Å². The van der Waals surface area contributed by atoms with Crippen molar-refractivity contribution < 1.29 is 9.84 Å². The van der Waals surface area contributed by atoms with Gasteiger partial charge in [-0.3, -0.25) is 0 Å². The van der Waals surface area contributed by atoms with Crippen molar-refractivity contribution in [3.8, 4) is 0 Å². The van der Waals surface area contributed by atoms with E-state index in [1.807, 2.05) is 24.3 Å². The smallest absolute Gasteiger partial charge is 0.0897 e. The molecule has 1 aromatic carbocycles. The Kier molecular flexibility index (Phi) is 8.93. The van der Waals surface area contributed by atoms with Gasteiger partial charge in [-0.15, -0.1) is 0 Å². The number of benzene rings is 1. The van der Waals surface area contributed by atoms with Crippen molar-refractivity contribution in [2.45, 2.75) is 52.4 Å². The zero-order valence-electron chi connectivity index (χ0n) is 13.3. The first-order chi connectivity index (χ1) is 9.99. The fourth-order valence-electron chi connectivity index (χ4n) is 2.00. The third-order valence-electron chi connectivity index (χ3n) is 3.40. The molecule has 0 bridgehead atoms. The predicted molar refractivity (Wildman–Crippen MR) is 88.7 cm³/mol. The van der Waals surface area contributed by atoms with E-state index in [0.717, 1.165) is 17.9 Å². The van der Waals surface area contributed by atoms with Crippen molar-refractivity contribution in [3.05, 3.63) is 34.9 Å². The van der Waals surface area contributed by atoms with Crippen LogP contribution in [-0.4, -0.2) is 30.4 Å². The summed E-state index contributed by atoms with van der Waals surface area (Å²) >= 11 is 6.05. The maximum Gasteiger partial charge on any atom is 0.0897 e. The van der Waals surface area contributed by atoms with Gasteiger partial charge in [0.25, 0.3) is 0 Å². The van der Waals surface area contributed by atoms with Crippen LogP contribution in [0.15, 0.2) is 24.3 Å². The predicted octanol–water partition coefficient (Wildman–Crippen LogP) is 3.63. The van der Waals surface area contributed by atoms with Crippen LogP contribution in [0.4, 0.5) is 0 Å². The number of aliphatic hydroxyl groups excluding tert-OH is 1. The second-order valence-corrected chi connectivity index (χ2v) is 6.45. The minimum atomic E-state index is -0.492. The van der Waals surface area contributed by atoms with Crippen molar-refractivity contribution in [2.75, 3.05) is 13.2 Å². The van der Waals surface area contributed by atoms with Gasteiger partial charge in [-0.2, -0.15) is 0 Å². The summed E-state index contributed by atoms with van der Waals surface area (Å²) in [4.78, 5) is 0. The Hall–Kier alpha value is -0.610. The van der Waals surface area contributed by atoms with Gasteiger partial charge in [-0.05, 0) is 37.3 Å². The molecule has 21 heavy (non-hydrogen) atoms. The number of nitrogens with one attached hydrogen (secondary N) is 1. The molecule has 0 saturated carbocycles. The van der Waals surface area contributed by atoms with Gasteiger partial charge in [0.2, 0.25) is 0 Å². The van der Waals surface area contributed by atoms with E-state index in [0.29, 0.717) is 30.8 Å². The van der Waals surface area contributed by atoms with Crippen molar-refractivity contribution in [2.24, 2.45) is 5.92 Å². The standard InChI is InChI=1S/C17H28ClNO2/c1-13(2)8-9-14(3)19-10-16(20)12-21-11-15-6-4-5-7-17(15)18/h4-7,13-14,16,19-20H,8-12H2,1-3H3. The fraction of sp³-hybridized carbons (Fsp3) is 0.647. The summed E-state index contributed by atoms with van der Waals surface area (Å²) in [5.74, 6) is 0.720. The lowest BCUT2D eigenvalue weighted by atomic mass is 10.0. The molecule has 0 spiro atoms. The highest BCUT2D eigenvalue weighted by Crippen LogP contribution is 2.15. The molecule has 1 aromatic rings. The van der Waals surface area contributed by atoms with Crippen molar-refractivity contribution in [1.29, 1.82) is 0 Å². The minimum Gasteiger partial charge on any atom is -0.389 e. The third kappa shape index (κ3) is 8.42. The zero-order chi connectivity index (χ0) is 15.7.